The molecule has 0 fully saturated rings. The van der Waals surface area contributed by atoms with E-state index in [0.29, 0.717) is 24.6 Å². The van der Waals surface area contributed by atoms with E-state index in [4.69, 9.17) is 23.2 Å². The van der Waals surface area contributed by atoms with Gasteiger partial charge in [-0.1, -0.05) is 45.2 Å². The maximum Gasteiger partial charge on any atom is 0.275 e. The minimum atomic E-state index is -0.555. The zero-order chi connectivity index (χ0) is 16.3. The van der Waals surface area contributed by atoms with Gasteiger partial charge in [0.05, 0.1) is 21.3 Å². The van der Waals surface area contributed by atoms with Gasteiger partial charge in [-0.3, -0.25) is 4.79 Å². The van der Waals surface area contributed by atoms with Crippen molar-refractivity contribution in [2.75, 3.05) is 0 Å². The van der Waals surface area contributed by atoms with E-state index in [0.717, 1.165) is 0 Å². The Morgan fingerprint density at radius 2 is 1.95 bits per heavy atom. The van der Waals surface area contributed by atoms with E-state index in [1.165, 1.54) is 12.3 Å². The number of amides is 1. The molecule has 8 heteroatoms. The van der Waals surface area contributed by atoms with Gasteiger partial charge in [0.2, 0.25) is 0 Å². The first-order chi connectivity index (χ1) is 10.4. The molecule has 2 rings (SSSR count). The Labute approximate surface area is 153 Å². The van der Waals surface area contributed by atoms with Gasteiger partial charge in [-0.25, -0.2) is 5.43 Å². The Kier molecular flexibility index (Phi) is 5.86. The summed E-state index contributed by atoms with van der Waals surface area (Å²) in [5, 5.41) is 14.6. The van der Waals surface area contributed by atoms with Crippen LogP contribution in [0.15, 0.2) is 44.4 Å². The topological polar surface area (TPSA) is 61.7 Å². The van der Waals surface area contributed by atoms with Gasteiger partial charge in [0.25, 0.3) is 5.91 Å². The molecule has 114 valence electrons. The number of nitrogens with zero attached hydrogens (tertiary/aromatic N) is 1. The first-order valence-electron chi connectivity index (χ1n) is 5.85. The Hall–Kier alpha value is -1.08. The van der Waals surface area contributed by atoms with Crippen molar-refractivity contribution in [1.82, 2.24) is 5.43 Å². The first kappa shape index (κ1) is 17.3. The third-order valence-corrected chi connectivity index (χ3v) is 4.23. The van der Waals surface area contributed by atoms with Gasteiger partial charge in [0.15, 0.2) is 0 Å². The van der Waals surface area contributed by atoms with Crippen molar-refractivity contribution < 1.29 is 9.90 Å². The third-order valence-electron chi connectivity index (χ3n) is 2.61. The highest BCUT2D eigenvalue weighted by atomic mass is 79.9. The number of carbonyl (C=O) groups excluding carboxylic acids is 1. The summed E-state index contributed by atoms with van der Waals surface area (Å²) in [6.07, 6.45) is 1.39. The van der Waals surface area contributed by atoms with E-state index in [9.17, 15) is 9.90 Å². The maximum atomic E-state index is 12.0. The molecule has 0 aromatic heterocycles. The fourth-order valence-corrected chi connectivity index (χ4v) is 3.25. The van der Waals surface area contributed by atoms with E-state index in [1.54, 1.807) is 24.3 Å². The number of benzene rings is 2. The molecule has 0 radical (unpaired) electrons. The van der Waals surface area contributed by atoms with E-state index in [2.05, 4.69) is 42.4 Å². The Bertz CT molecular complexity index is 767. The van der Waals surface area contributed by atoms with Crippen LogP contribution in [0.4, 0.5) is 0 Å². The lowest BCUT2D eigenvalue weighted by Gasteiger charge is -2.06. The quantitative estimate of drug-likeness (QED) is 0.494. The Morgan fingerprint density at radius 1 is 1.23 bits per heavy atom. The summed E-state index contributed by atoms with van der Waals surface area (Å²) in [6, 6.07) is 8.02. The standard InChI is InChI=1S/C14H8Br2Cl2N2O2/c15-8-3-10(13(21)11(16)4-8)14(22)20-19-6-7-1-2-9(17)5-12(7)18/h1-6,21H,(H,20,22)/b19-6-. The highest BCUT2D eigenvalue weighted by molar-refractivity contribution is 9.11. The maximum absolute atomic E-state index is 12.0. The van der Waals surface area contributed by atoms with E-state index >= 15 is 0 Å². The van der Waals surface area contributed by atoms with Gasteiger partial charge >= 0.3 is 0 Å². The van der Waals surface area contributed by atoms with Gasteiger partial charge < -0.3 is 5.11 Å². The van der Waals surface area contributed by atoms with E-state index in [-0.39, 0.29) is 11.3 Å². The van der Waals surface area contributed by atoms with Crippen molar-refractivity contribution >= 4 is 67.2 Å². The number of phenols is 1. The molecule has 0 aliphatic rings. The molecule has 2 aromatic carbocycles. The predicted octanol–water partition coefficient (Wildman–Crippen LogP) is 4.99. The van der Waals surface area contributed by atoms with Crippen LogP contribution in [0.5, 0.6) is 5.75 Å². The van der Waals surface area contributed by atoms with E-state index < -0.39 is 5.91 Å². The number of hydrogen-bond donors (Lipinski definition) is 2. The third kappa shape index (κ3) is 4.23. The molecule has 1 amide bonds. The summed E-state index contributed by atoms with van der Waals surface area (Å²) >= 11 is 18.2. The summed E-state index contributed by atoms with van der Waals surface area (Å²) < 4.78 is 1.05. The van der Waals surface area contributed by atoms with Crippen LogP contribution in [-0.4, -0.2) is 17.2 Å². The zero-order valence-electron chi connectivity index (χ0n) is 10.8. The molecule has 0 unspecified atom stereocenters. The lowest BCUT2D eigenvalue weighted by Crippen LogP contribution is -2.18. The molecule has 0 heterocycles. The van der Waals surface area contributed by atoms with Crippen molar-refractivity contribution in [3.63, 3.8) is 0 Å². The van der Waals surface area contributed by atoms with Gasteiger partial charge in [0.1, 0.15) is 5.75 Å². The lowest BCUT2D eigenvalue weighted by atomic mass is 10.2. The summed E-state index contributed by atoms with van der Waals surface area (Å²) in [5.41, 5.74) is 3.01. The molecule has 22 heavy (non-hydrogen) atoms. The predicted molar refractivity (Wildman–Crippen MR) is 95.0 cm³/mol. The molecule has 0 spiro atoms. The summed E-state index contributed by atoms with van der Waals surface area (Å²) in [5.74, 6) is -0.721. The SMILES string of the molecule is O=C(N/N=C\c1ccc(Cl)cc1Cl)c1cc(Br)cc(Br)c1O. The van der Waals surface area contributed by atoms with Crippen LogP contribution in [0.1, 0.15) is 15.9 Å². The van der Waals surface area contributed by atoms with Crippen molar-refractivity contribution in [3.8, 4) is 5.75 Å². The van der Waals surface area contributed by atoms with Gasteiger partial charge in [0, 0.05) is 15.1 Å². The van der Waals surface area contributed by atoms with Crippen LogP contribution >= 0.6 is 55.1 Å². The highest BCUT2D eigenvalue weighted by Crippen LogP contribution is 2.31. The van der Waals surface area contributed by atoms with Crippen LogP contribution in [0.3, 0.4) is 0 Å². The summed E-state index contributed by atoms with van der Waals surface area (Å²) in [7, 11) is 0. The molecule has 0 saturated carbocycles. The van der Waals surface area contributed by atoms with Gasteiger partial charge in [-0.05, 0) is 40.2 Å². The van der Waals surface area contributed by atoms with Gasteiger partial charge in [-0.2, -0.15) is 5.10 Å². The van der Waals surface area contributed by atoms with Crippen molar-refractivity contribution in [2.24, 2.45) is 5.10 Å². The number of hydrazone groups is 1. The van der Waals surface area contributed by atoms with E-state index in [1.807, 2.05) is 0 Å². The minimum absolute atomic E-state index is 0.0839. The molecule has 2 aromatic rings. The van der Waals surface area contributed by atoms with Crippen LogP contribution in [0, 0.1) is 0 Å². The molecular weight excluding hydrogens is 459 g/mol. The molecule has 0 bridgehead atoms. The lowest BCUT2D eigenvalue weighted by molar-refractivity contribution is 0.0952. The second-order valence-corrected chi connectivity index (χ2v) is 6.76. The number of carbonyl (C=O) groups is 1. The fraction of sp³-hybridized carbons (Fsp3) is 0. The molecule has 0 atom stereocenters. The first-order valence-corrected chi connectivity index (χ1v) is 8.19. The summed E-state index contributed by atoms with van der Waals surface area (Å²) in [6.45, 7) is 0. The van der Waals surface area contributed by atoms with Crippen LogP contribution in [0.25, 0.3) is 0 Å². The number of aromatic hydroxyl groups is 1. The highest BCUT2D eigenvalue weighted by Gasteiger charge is 2.14. The van der Waals surface area contributed by atoms with Crippen molar-refractivity contribution in [1.29, 1.82) is 0 Å². The smallest absolute Gasteiger partial charge is 0.275 e. The molecule has 0 saturated heterocycles. The molecule has 2 N–H and O–H groups in total. The fourth-order valence-electron chi connectivity index (χ4n) is 1.57. The monoisotopic (exact) mass is 464 g/mol. The largest absolute Gasteiger partial charge is 0.506 e. The number of phenolic OH excluding ortho intramolecular Hbond substituents is 1. The van der Waals surface area contributed by atoms with Crippen LogP contribution in [-0.2, 0) is 0 Å². The van der Waals surface area contributed by atoms with Crippen LogP contribution in [0.2, 0.25) is 10.0 Å². The van der Waals surface area contributed by atoms with Crippen molar-refractivity contribution in [3.05, 3.63) is 60.4 Å². The normalized spacial score (nSPS) is 10.9. The Balaban J connectivity index is 2.15. The number of halogens is 4. The number of nitrogens with one attached hydrogen (secondary N) is 1. The summed E-state index contributed by atoms with van der Waals surface area (Å²) in [4.78, 5) is 12.0. The molecule has 0 aliphatic carbocycles. The van der Waals surface area contributed by atoms with Crippen molar-refractivity contribution in [2.45, 2.75) is 0 Å². The number of rotatable bonds is 3. The molecule has 0 aliphatic heterocycles. The minimum Gasteiger partial charge on any atom is -0.506 e. The number of hydrogen-bond acceptors (Lipinski definition) is 3. The molecular formula is C14H8Br2Cl2N2O2. The zero-order valence-corrected chi connectivity index (χ0v) is 15.5. The second kappa shape index (κ2) is 7.46. The van der Waals surface area contributed by atoms with Gasteiger partial charge in [-0.15, -0.1) is 0 Å². The second-order valence-electron chi connectivity index (χ2n) is 4.15. The Morgan fingerprint density at radius 3 is 2.64 bits per heavy atom. The van der Waals surface area contributed by atoms with Crippen LogP contribution < -0.4 is 5.43 Å². The average molecular weight is 467 g/mol. The average Bonchev–Trinajstić information content (AvgIpc) is 2.45. The molecule has 4 nitrogen and oxygen atoms in total.